The maximum atomic E-state index is 11.2. The molecule has 1 atom stereocenters. The minimum atomic E-state index is -0.725. The van der Waals surface area contributed by atoms with Gasteiger partial charge < -0.3 is 14.6 Å². The average Bonchev–Trinajstić information content (AvgIpc) is 2.76. The van der Waals surface area contributed by atoms with E-state index in [2.05, 4.69) is 0 Å². The van der Waals surface area contributed by atoms with Gasteiger partial charge in [0.05, 0.1) is 13.2 Å². The largest absolute Gasteiger partial charge is 0.490 e. The number of aliphatic carboxylic acids is 1. The molecule has 5 heteroatoms. The smallest absolute Gasteiger partial charge is 0.320 e. The highest BCUT2D eigenvalue weighted by molar-refractivity contribution is 5.73. The Morgan fingerprint density at radius 3 is 2.85 bits per heavy atom. The first-order chi connectivity index (χ1) is 9.74. The van der Waals surface area contributed by atoms with Crippen LogP contribution in [0.2, 0.25) is 0 Å². The molecule has 0 spiro atoms. The fourth-order valence-electron chi connectivity index (χ4n) is 2.84. The highest BCUT2D eigenvalue weighted by Crippen LogP contribution is 2.31. The molecule has 1 aromatic rings. The minimum Gasteiger partial charge on any atom is -0.490 e. The summed E-state index contributed by atoms with van der Waals surface area (Å²) in [6.45, 7) is 2.83. The SMILES string of the molecule is O=C(O)C1CCCN1Cc1ccc2c(c1)OCCCO2. The molecule has 0 saturated carbocycles. The second-order valence-electron chi connectivity index (χ2n) is 5.30. The Morgan fingerprint density at radius 1 is 1.25 bits per heavy atom. The predicted molar refractivity (Wildman–Crippen MR) is 73.1 cm³/mol. The van der Waals surface area contributed by atoms with Crippen LogP contribution in [0.4, 0.5) is 0 Å². The van der Waals surface area contributed by atoms with Crippen LogP contribution in [0, 0.1) is 0 Å². The van der Waals surface area contributed by atoms with Gasteiger partial charge in [0, 0.05) is 13.0 Å². The van der Waals surface area contributed by atoms with Crippen LogP contribution in [0.1, 0.15) is 24.8 Å². The minimum absolute atomic E-state index is 0.356. The molecule has 2 aliphatic heterocycles. The van der Waals surface area contributed by atoms with Crippen molar-refractivity contribution in [2.45, 2.75) is 31.8 Å². The van der Waals surface area contributed by atoms with Gasteiger partial charge in [-0.05, 0) is 37.1 Å². The third kappa shape index (κ3) is 2.72. The van der Waals surface area contributed by atoms with Gasteiger partial charge in [0.1, 0.15) is 6.04 Å². The molecule has 1 fully saturated rings. The van der Waals surface area contributed by atoms with Crippen molar-refractivity contribution in [2.24, 2.45) is 0 Å². The molecular weight excluding hydrogens is 258 g/mol. The summed E-state index contributed by atoms with van der Waals surface area (Å²) in [5.74, 6) is 0.824. The van der Waals surface area contributed by atoms with Crippen molar-refractivity contribution in [2.75, 3.05) is 19.8 Å². The van der Waals surface area contributed by atoms with Crippen LogP contribution in [-0.2, 0) is 11.3 Å². The first-order valence-electron chi connectivity index (χ1n) is 7.09. The quantitative estimate of drug-likeness (QED) is 0.914. The van der Waals surface area contributed by atoms with Crippen molar-refractivity contribution < 1.29 is 19.4 Å². The van der Waals surface area contributed by atoms with Crippen molar-refractivity contribution in [1.29, 1.82) is 0 Å². The molecule has 1 aromatic carbocycles. The number of carboxylic acids is 1. The molecule has 0 aliphatic carbocycles. The van der Waals surface area contributed by atoms with Gasteiger partial charge in [0.15, 0.2) is 11.5 Å². The van der Waals surface area contributed by atoms with E-state index in [1.54, 1.807) is 0 Å². The van der Waals surface area contributed by atoms with Crippen molar-refractivity contribution in [3.63, 3.8) is 0 Å². The first-order valence-corrected chi connectivity index (χ1v) is 7.09. The van der Waals surface area contributed by atoms with Gasteiger partial charge in [-0.1, -0.05) is 6.07 Å². The Morgan fingerprint density at radius 2 is 2.05 bits per heavy atom. The number of benzene rings is 1. The number of carboxylic acid groups (broad SMARTS) is 1. The second kappa shape index (κ2) is 5.71. The number of ether oxygens (including phenoxy) is 2. The molecule has 0 bridgehead atoms. The zero-order valence-corrected chi connectivity index (χ0v) is 11.4. The van der Waals surface area contributed by atoms with Gasteiger partial charge in [-0.2, -0.15) is 0 Å². The van der Waals surface area contributed by atoms with Gasteiger partial charge in [-0.25, -0.2) is 0 Å². The lowest BCUT2D eigenvalue weighted by atomic mass is 10.1. The summed E-state index contributed by atoms with van der Waals surface area (Å²) in [4.78, 5) is 13.2. The highest BCUT2D eigenvalue weighted by atomic mass is 16.5. The molecule has 0 aromatic heterocycles. The van der Waals surface area contributed by atoms with Crippen molar-refractivity contribution >= 4 is 5.97 Å². The average molecular weight is 277 g/mol. The normalized spacial score (nSPS) is 22.5. The monoisotopic (exact) mass is 277 g/mol. The van der Waals surface area contributed by atoms with E-state index in [0.717, 1.165) is 42.9 Å². The number of fused-ring (bicyclic) bond motifs is 1. The Kier molecular flexibility index (Phi) is 3.78. The highest BCUT2D eigenvalue weighted by Gasteiger charge is 2.30. The van der Waals surface area contributed by atoms with E-state index in [-0.39, 0.29) is 6.04 Å². The van der Waals surface area contributed by atoms with E-state index in [1.165, 1.54) is 0 Å². The van der Waals surface area contributed by atoms with E-state index in [1.807, 2.05) is 23.1 Å². The predicted octanol–water partition coefficient (Wildman–Crippen LogP) is 1.90. The maximum absolute atomic E-state index is 11.2. The Hall–Kier alpha value is -1.75. The first kappa shape index (κ1) is 13.2. The van der Waals surface area contributed by atoms with Gasteiger partial charge in [0.2, 0.25) is 0 Å². The lowest BCUT2D eigenvalue weighted by molar-refractivity contribution is -0.142. The fraction of sp³-hybridized carbons (Fsp3) is 0.533. The standard InChI is InChI=1S/C15H19NO4/c17-15(18)12-3-1-6-16(12)10-11-4-5-13-14(9-11)20-8-2-7-19-13/h4-5,9,12H,1-3,6-8,10H2,(H,17,18). The third-order valence-corrected chi connectivity index (χ3v) is 3.85. The van der Waals surface area contributed by atoms with Crippen molar-refractivity contribution in [1.82, 2.24) is 4.90 Å². The summed E-state index contributed by atoms with van der Waals surface area (Å²) >= 11 is 0. The third-order valence-electron chi connectivity index (χ3n) is 3.85. The summed E-state index contributed by atoms with van der Waals surface area (Å²) in [6, 6.07) is 5.52. The van der Waals surface area contributed by atoms with E-state index < -0.39 is 5.97 Å². The Bertz CT molecular complexity index is 503. The summed E-state index contributed by atoms with van der Waals surface area (Å²) in [7, 11) is 0. The van der Waals surface area contributed by atoms with Crippen LogP contribution in [-0.4, -0.2) is 41.8 Å². The van der Waals surface area contributed by atoms with Crippen molar-refractivity contribution in [3.8, 4) is 11.5 Å². The molecule has 1 unspecified atom stereocenters. The van der Waals surface area contributed by atoms with Crippen LogP contribution in [0.15, 0.2) is 18.2 Å². The number of carbonyl (C=O) groups is 1. The molecule has 1 saturated heterocycles. The number of hydrogen-bond donors (Lipinski definition) is 1. The lowest BCUT2D eigenvalue weighted by Crippen LogP contribution is -2.35. The number of rotatable bonds is 3. The zero-order chi connectivity index (χ0) is 13.9. The van der Waals surface area contributed by atoms with E-state index >= 15 is 0 Å². The number of nitrogens with zero attached hydrogens (tertiary/aromatic N) is 1. The van der Waals surface area contributed by atoms with E-state index in [4.69, 9.17) is 9.47 Å². The van der Waals surface area contributed by atoms with Gasteiger partial charge >= 0.3 is 5.97 Å². The summed E-state index contributed by atoms with van der Waals surface area (Å²) in [6.07, 6.45) is 2.57. The molecule has 1 N–H and O–H groups in total. The molecule has 2 heterocycles. The topological polar surface area (TPSA) is 59.0 Å². The van der Waals surface area contributed by atoms with Crippen LogP contribution in [0.25, 0.3) is 0 Å². The number of hydrogen-bond acceptors (Lipinski definition) is 4. The molecule has 3 rings (SSSR count). The fourth-order valence-corrected chi connectivity index (χ4v) is 2.84. The maximum Gasteiger partial charge on any atom is 0.320 e. The summed E-state index contributed by atoms with van der Waals surface area (Å²) in [5, 5.41) is 9.20. The zero-order valence-electron chi connectivity index (χ0n) is 11.4. The van der Waals surface area contributed by atoms with E-state index in [9.17, 15) is 9.90 Å². The second-order valence-corrected chi connectivity index (χ2v) is 5.30. The van der Waals surface area contributed by atoms with Crippen LogP contribution >= 0.6 is 0 Å². The molecule has 0 amide bonds. The van der Waals surface area contributed by atoms with Crippen LogP contribution in [0.3, 0.4) is 0 Å². The molecule has 5 nitrogen and oxygen atoms in total. The molecular formula is C15H19NO4. The Labute approximate surface area is 118 Å². The molecule has 0 radical (unpaired) electrons. The number of likely N-dealkylation sites (tertiary alicyclic amines) is 1. The van der Waals surface area contributed by atoms with Gasteiger partial charge in [0.25, 0.3) is 0 Å². The summed E-state index contributed by atoms with van der Waals surface area (Å²) < 4.78 is 11.3. The van der Waals surface area contributed by atoms with E-state index in [0.29, 0.717) is 19.8 Å². The summed E-state index contributed by atoms with van der Waals surface area (Å²) in [5.41, 5.74) is 1.07. The Balaban J connectivity index is 1.74. The molecule has 108 valence electrons. The van der Waals surface area contributed by atoms with Crippen LogP contribution < -0.4 is 9.47 Å². The molecule has 2 aliphatic rings. The van der Waals surface area contributed by atoms with Crippen LogP contribution in [0.5, 0.6) is 11.5 Å². The van der Waals surface area contributed by atoms with Gasteiger partial charge in [-0.3, -0.25) is 9.69 Å². The van der Waals surface area contributed by atoms with Crippen molar-refractivity contribution in [3.05, 3.63) is 23.8 Å². The molecule has 20 heavy (non-hydrogen) atoms. The van der Waals surface area contributed by atoms with Gasteiger partial charge in [-0.15, -0.1) is 0 Å². The lowest BCUT2D eigenvalue weighted by Gasteiger charge is -2.21.